The minimum Gasteiger partial charge on any atom is -0.367 e. The monoisotopic (exact) mass is 313 g/mol. The van der Waals surface area contributed by atoms with Crippen molar-refractivity contribution in [3.05, 3.63) is 21.4 Å². The fourth-order valence-electron chi connectivity index (χ4n) is 3.12. The van der Waals surface area contributed by atoms with Gasteiger partial charge in [-0.3, -0.25) is 4.79 Å². The molecule has 0 saturated carbocycles. The van der Waals surface area contributed by atoms with Crippen molar-refractivity contribution in [2.45, 2.75) is 44.8 Å². The molecule has 1 atom stereocenters. The summed E-state index contributed by atoms with van der Waals surface area (Å²) in [6, 6.07) is 2.09. The number of alkyl halides is 1. The molecule has 20 heavy (non-hydrogen) atoms. The Bertz CT molecular complexity index is 504. The SMILES string of the molecule is CC1(C)CN(C(=O)c2cc3c(s2)CCC3)CC(CCl)O1. The van der Waals surface area contributed by atoms with Gasteiger partial charge in [-0.1, -0.05) is 0 Å². The molecule has 1 aliphatic heterocycles. The molecule has 2 heterocycles. The summed E-state index contributed by atoms with van der Waals surface area (Å²) in [5.74, 6) is 0.560. The Morgan fingerprint density at radius 3 is 3.05 bits per heavy atom. The molecule has 3 nitrogen and oxygen atoms in total. The zero-order valence-electron chi connectivity index (χ0n) is 11.9. The van der Waals surface area contributed by atoms with Crippen LogP contribution in [-0.2, 0) is 17.6 Å². The first-order chi connectivity index (χ1) is 9.48. The number of halogens is 1. The summed E-state index contributed by atoms with van der Waals surface area (Å²) < 4.78 is 5.88. The highest BCUT2D eigenvalue weighted by Crippen LogP contribution is 2.32. The van der Waals surface area contributed by atoms with Crippen LogP contribution in [-0.4, -0.2) is 41.5 Å². The standard InChI is InChI=1S/C15H20ClNO2S/c1-15(2)9-17(8-11(7-16)19-15)14(18)13-6-10-4-3-5-12(10)20-13/h6,11H,3-5,7-9H2,1-2H3. The first kappa shape index (κ1) is 14.4. The van der Waals surface area contributed by atoms with E-state index in [1.165, 1.54) is 16.9 Å². The van der Waals surface area contributed by atoms with Crippen molar-refractivity contribution in [1.29, 1.82) is 0 Å². The predicted octanol–water partition coefficient (Wildman–Crippen LogP) is 3.10. The molecule has 1 unspecified atom stereocenters. The van der Waals surface area contributed by atoms with Gasteiger partial charge in [0.2, 0.25) is 0 Å². The molecular formula is C15H20ClNO2S. The van der Waals surface area contributed by atoms with Gasteiger partial charge in [-0.15, -0.1) is 22.9 Å². The lowest BCUT2D eigenvalue weighted by molar-refractivity contribution is -0.117. The topological polar surface area (TPSA) is 29.5 Å². The van der Waals surface area contributed by atoms with Crippen LogP contribution in [0.3, 0.4) is 0 Å². The van der Waals surface area contributed by atoms with Crippen LogP contribution in [0.5, 0.6) is 0 Å². The molecule has 1 aromatic heterocycles. The zero-order chi connectivity index (χ0) is 14.3. The van der Waals surface area contributed by atoms with E-state index in [2.05, 4.69) is 6.07 Å². The van der Waals surface area contributed by atoms with Crippen molar-refractivity contribution >= 4 is 28.8 Å². The van der Waals surface area contributed by atoms with Gasteiger partial charge in [0.15, 0.2) is 0 Å². The molecule has 0 radical (unpaired) electrons. The highest BCUT2D eigenvalue weighted by molar-refractivity contribution is 7.14. The summed E-state index contributed by atoms with van der Waals surface area (Å²) in [5, 5.41) is 0. The molecule has 2 aliphatic rings. The molecule has 0 N–H and O–H groups in total. The summed E-state index contributed by atoms with van der Waals surface area (Å²) in [7, 11) is 0. The Morgan fingerprint density at radius 2 is 2.35 bits per heavy atom. The number of morpholine rings is 1. The van der Waals surface area contributed by atoms with Crippen LogP contribution in [0, 0.1) is 0 Å². The number of hydrogen-bond acceptors (Lipinski definition) is 3. The van der Waals surface area contributed by atoms with Crippen molar-refractivity contribution in [3.63, 3.8) is 0 Å². The van der Waals surface area contributed by atoms with E-state index in [0.717, 1.165) is 17.7 Å². The Kier molecular flexibility index (Phi) is 3.82. The molecular weight excluding hydrogens is 294 g/mol. The minimum atomic E-state index is -0.326. The second-order valence-electron chi connectivity index (χ2n) is 6.25. The highest BCUT2D eigenvalue weighted by atomic mass is 35.5. The third-order valence-electron chi connectivity index (χ3n) is 3.90. The lowest BCUT2D eigenvalue weighted by Gasteiger charge is -2.42. The number of nitrogens with zero attached hydrogens (tertiary/aromatic N) is 1. The molecule has 1 aliphatic carbocycles. The number of hydrogen-bond donors (Lipinski definition) is 0. The van der Waals surface area contributed by atoms with Crippen molar-refractivity contribution < 1.29 is 9.53 Å². The zero-order valence-corrected chi connectivity index (χ0v) is 13.5. The lowest BCUT2D eigenvalue weighted by Crippen LogP contribution is -2.55. The highest BCUT2D eigenvalue weighted by Gasteiger charge is 2.36. The van der Waals surface area contributed by atoms with Gasteiger partial charge in [-0.2, -0.15) is 0 Å². The third kappa shape index (κ3) is 2.74. The van der Waals surface area contributed by atoms with E-state index in [4.69, 9.17) is 16.3 Å². The number of aryl methyl sites for hydroxylation is 2. The Morgan fingerprint density at radius 1 is 1.55 bits per heavy atom. The summed E-state index contributed by atoms with van der Waals surface area (Å²) in [6.45, 7) is 5.25. The smallest absolute Gasteiger partial charge is 0.264 e. The Balaban J connectivity index is 1.78. The Labute approximate surface area is 128 Å². The van der Waals surface area contributed by atoms with E-state index >= 15 is 0 Å². The molecule has 1 amide bonds. The average molecular weight is 314 g/mol. The van der Waals surface area contributed by atoms with E-state index in [9.17, 15) is 4.79 Å². The van der Waals surface area contributed by atoms with E-state index in [0.29, 0.717) is 19.0 Å². The second-order valence-corrected chi connectivity index (χ2v) is 7.70. The van der Waals surface area contributed by atoms with Gasteiger partial charge < -0.3 is 9.64 Å². The number of carbonyl (C=O) groups is 1. The maximum absolute atomic E-state index is 12.7. The quantitative estimate of drug-likeness (QED) is 0.785. The molecule has 0 bridgehead atoms. The van der Waals surface area contributed by atoms with Crippen LogP contribution < -0.4 is 0 Å². The number of thiophene rings is 1. The summed E-state index contributed by atoms with van der Waals surface area (Å²) in [5.41, 5.74) is 1.05. The molecule has 1 saturated heterocycles. The lowest BCUT2D eigenvalue weighted by atomic mass is 10.1. The second kappa shape index (κ2) is 5.32. The van der Waals surface area contributed by atoms with Crippen molar-refractivity contribution in [1.82, 2.24) is 4.90 Å². The van der Waals surface area contributed by atoms with Gasteiger partial charge in [-0.05, 0) is 44.7 Å². The minimum absolute atomic E-state index is 0.0730. The first-order valence-corrected chi connectivity index (χ1v) is 8.48. The van der Waals surface area contributed by atoms with E-state index in [1.807, 2.05) is 18.7 Å². The van der Waals surface area contributed by atoms with Crippen LogP contribution in [0.15, 0.2) is 6.07 Å². The molecule has 110 valence electrons. The summed E-state index contributed by atoms with van der Waals surface area (Å²) in [6.07, 6.45) is 3.41. The number of amides is 1. The number of fused-ring (bicyclic) bond motifs is 1. The third-order valence-corrected chi connectivity index (χ3v) is 5.47. The molecule has 1 fully saturated rings. The van der Waals surface area contributed by atoms with Crippen molar-refractivity contribution in [3.8, 4) is 0 Å². The molecule has 3 rings (SSSR count). The van der Waals surface area contributed by atoms with Crippen LogP contribution in [0.25, 0.3) is 0 Å². The largest absolute Gasteiger partial charge is 0.367 e. The van der Waals surface area contributed by atoms with E-state index in [-0.39, 0.29) is 17.6 Å². The summed E-state index contributed by atoms with van der Waals surface area (Å²) >= 11 is 7.59. The van der Waals surface area contributed by atoms with Crippen LogP contribution >= 0.6 is 22.9 Å². The van der Waals surface area contributed by atoms with Gasteiger partial charge in [0, 0.05) is 18.0 Å². The molecule has 5 heteroatoms. The van der Waals surface area contributed by atoms with Crippen LogP contribution in [0.1, 0.15) is 40.4 Å². The average Bonchev–Trinajstić information content (AvgIpc) is 2.96. The Hall–Kier alpha value is -0.580. The summed E-state index contributed by atoms with van der Waals surface area (Å²) in [4.78, 5) is 16.9. The maximum atomic E-state index is 12.7. The van der Waals surface area contributed by atoms with Crippen LogP contribution in [0.2, 0.25) is 0 Å². The molecule has 0 spiro atoms. The van der Waals surface area contributed by atoms with Gasteiger partial charge in [0.05, 0.1) is 22.5 Å². The number of rotatable bonds is 2. The van der Waals surface area contributed by atoms with E-state index in [1.54, 1.807) is 11.3 Å². The number of carbonyl (C=O) groups excluding carboxylic acids is 1. The van der Waals surface area contributed by atoms with Gasteiger partial charge in [-0.25, -0.2) is 0 Å². The molecule has 0 aromatic carbocycles. The first-order valence-electron chi connectivity index (χ1n) is 7.13. The molecule has 1 aromatic rings. The fourth-order valence-corrected chi connectivity index (χ4v) is 4.50. The number of ether oxygens (including phenoxy) is 1. The van der Waals surface area contributed by atoms with Crippen molar-refractivity contribution in [2.75, 3.05) is 19.0 Å². The predicted molar refractivity (Wildman–Crippen MR) is 81.9 cm³/mol. The van der Waals surface area contributed by atoms with Crippen molar-refractivity contribution in [2.24, 2.45) is 0 Å². The maximum Gasteiger partial charge on any atom is 0.264 e. The van der Waals surface area contributed by atoms with Gasteiger partial charge in [0.25, 0.3) is 5.91 Å². The normalized spacial score (nSPS) is 24.8. The van der Waals surface area contributed by atoms with Gasteiger partial charge >= 0.3 is 0 Å². The van der Waals surface area contributed by atoms with E-state index < -0.39 is 0 Å². The van der Waals surface area contributed by atoms with Crippen LogP contribution in [0.4, 0.5) is 0 Å². The van der Waals surface area contributed by atoms with Gasteiger partial charge in [0.1, 0.15) is 0 Å². The fraction of sp³-hybridized carbons (Fsp3) is 0.667.